The summed E-state index contributed by atoms with van der Waals surface area (Å²) in [5, 5.41) is 3.42. The topological polar surface area (TPSA) is 28.4 Å². The first kappa shape index (κ1) is 15.7. The molecule has 0 aromatic carbocycles. The molecule has 0 amide bonds. The Hall–Kier alpha value is -0.320. The Morgan fingerprint density at radius 1 is 1.39 bits per heavy atom. The van der Waals surface area contributed by atoms with Gasteiger partial charge in [0.25, 0.3) is 0 Å². The lowest BCUT2D eigenvalue weighted by molar-refractivity contribution is 0.0641. The molecule has 1 N–H and O–H groups in total. The summed E-state index contributed by atoms with van der Waals surface area (Å²) in [6.45, 7) is 11.0. The lowest BCUT2D eigenvalue weighted by atomic mass is 9.85. The molecule has 1 aromatic rings. The van der Waals surface area contributed by atoms with E-state index in [0.29, 0.717) is 0 Å². The highest BCUT2D eigenvalue weighted by Crippen LogP contribution is 2.37. The summed E-state index contributed by atoms with van der Waals surface area (Å²) in [6.07, 6.45) is 2.80. The molecule has 0 saturated heterocycles. The van der Waals surface area contributed by atoms with Crippen LogP contribution in [0.3, 0.4) is 0 Å². The van der Waals surface area contributed by atoms with E-state index in [0.717, 1.165) is 29.7 Å². The highest BCUT2D eigenvalue weighted by molar-refractivity contribution is 9.10. The molecule has 3 nitrogen and oxygen atoms in total. The van der Waals surface area contributed by atoms with Crippen LogP contribution >= 0.6 is 15.9 Å². The third-order valence-electron chi connectivity index (χ3n) is 4.02. The molecule has 0 aliphatic rings. The number of hydrogen-bond acceptors (Lipinski definition) is 3. The zero-order valence-electron chi connectivity index (χ0n) is 12.1. The van der Waals surface area contributed by atoms with Crippen molar-refractivity contribution in [3.63, 3.8) is 0 Å². The minimum atomic E-state index is 0.0403. The van der Waals surface area contributed by atoms with Gasteiger partial charge >= 0.3 is 0 Å². The van der Waals surface area contributed by atoms with Crippen molar-refractivity contribution in [2.75, 3.05) is 20.1 Å². The van der Waals surface area contributed by atoms with Crippen LogP contribution in [0, 0.1) is 0 Å². The predicted molar refractivity (Wildman–Crippen MR) is 79.8 cm³/mol. The van der Waals surface area contributed by atoms with Crippen molar-refractivity contribution >= 4 is 15.9 Å². The second-order valence-electron chi connectivity index (χ2n) is 4.74. The summed E-state index contributed by atoms with van der Waals surface area (Å²) in [5.41, 5.74) is 0.0403. The average Bonchev–Trinajstić information content (AvgIpc) is 2.78. The first-order valence-corrected chi connectivity index (χ1v) is 7.49. The van der Waals surface area contributed by atoms with Gasteiger partial charge in [0.05, 0.1) is 16.8 Å². The molecule has 104 valence electrons. The van der Waals surface area contributed by atoms with Crippen molar-refractivity contribution in [1.82, 2.24) is 10.2 Å². The normalized spacial score (nSPS) is 16.8. The highest BCUT2D eigenvalue weighted by atomic mass is 79.9. The highest BCUT2D eigenvalue weighted by Gasteiger charge is 2.39. The van der Waals surface area contributed by atoms with Gasteiger partial charge in [-0.3, -0.25) is 4.90 Å². The van der Waals surface area contributed by atoms with E-state index in [1.807, 2.05) is 13.1 Å². The Labute approximate surface area is 119 Å². The largest absolute Gasteiger partial charge is 0.466 e. The first-order valence-electron chi connectivity index (χ1n) is 6.70. The fourth-order valence-corrected chi connectivity index (χ4v) is 3.22. The molecule has 0 radical (unpaired) electrons. The summed E-state index contributed by atoms with van der Waals surface area (Å²) in [7, 11) is 2.00. The molecule has 4 heteroatoms. The summed E-state index contributed by atoms with van der Waals surface area (Å²) >= 11 is 3.57. The maximum absolute atomic E-state index is 5.67. The number of halogens is 1. The molecule has 1 heterocycles. The molecule has 0 fully saturated rings. The molecule has 18 heavy (non-hydrogen) atoms. The molecule has 0 saturated carbocycles. The summed E-state index contributed by atoms with van der Waals surface area (Å²) in [6, 6.07) is 2.13. The van der Waals surface area contributed by atoms with E-state index in [1.54, 1.807) is 6.26 Å². The van der Waals surface area contributed by atoms with Gasteiger partial charge < -0.3 is 9.73 Å². The van der Waals surface area contributed by atoms with Crippen LogP contribution in [0.25, 0.3) is 0 Å². The van der Waals surface area contributed by atoms with E-state index in [1.165, 1.54) is 0 Å². The quantitative estimate of drug-likeness (QED) is 0.829. The summed E-state index contributed by atoms with van der Waals surface area (Å²) < 4.78 is 6.70. The van der Waals surface area contributed by atoms with Gasteiger partial charge in [-0.1, -0.05) is 20.8 Å². The van der Waals surface area contributed by atoms with Gasteiger partial charge in [0, 0.05) is 5.54 Å². The van der Waals surface area contributed by atoms with Crippen molar-refractivity contribution in [1.29, 1.82) is 0 Å². The lowest BCUT2D eigenvalue weighted by Gasteiger charge is -2.45. The number of furan rings is 1. The maximum Gasteiger partial charge on any atom is 0.136 e. The van der Waals surface area contributed by atoms with Gasteiger partial charge in [-0.15, -0.1) is 0 Å². The minimum absolute atomic E-state index is 0.0403. The van der Waals surface area contributed by atoms with Crippen molar-refractivity contribution in [3.8, 4) is 0 Å². The number of nitrogens with one attached hydrogen (secondary N) is 1. The van der Waals surface area contributed by atoms with Crippen LogP contribution in [0.5, 0.6) is 0 Å². The molecule has 0 aliphatic carbocycles. The van der Waals surface area contributed by atoms with Crippen molar-refractivity contribution in [2.45, 2.75) is 45.7 Å². The lowest BCUT2D eigenvalue weighted by Crippen LogP contribution is -2.53. The Morgan fingerprint density at radius 3 is 2.33 bits per heavy atom. The van der Waals surface area contributed by atoms with Gasteiger partial charge in [-0.25, -0.2) is 0 Å². The van der Waals surface area contributed by atoms with E-state index < -0.39 is 0 Å². The van der Waals surface area contributed by atoms with Gasteiger partial charge in [0.15, 0.2) is 0 Å². The molecule has 1 aromatic heterocycles. The van der Waals surface area contributed by atoms with Crippen LogP contribution in [0.1, 0.15) is 45.9 Å². The van der Waals surface area contributed by atoms with Crippen LogP contribution in [0.2, 0.25) is 0 Å². The molecule has 0 bridgehead atoms. The number of rotatable bonds is 7. The van der Waals surface area contributed by atoms with Crippen molar-refractivity contribution in [2.24, 2.45) is 0 Å². The number of likely N-dealkylation sites (N-methyl/N-ethyl adjacent to an activating group) is 2. The fraction of sp³-hybridized carbons (Fsp3) is 0.714. The van der Waals surface area contributed by atoms with Crippen LogP contribution < -0.4 is 5.32 Å². The van der Waals surface area contributed by atoms with Crippen LogP contribution in [0.4, 0.5) is 0 Å². The Balaban J connectivity index is 3.14. The molecular weight excluding hydrogens is 292 g/mol. The van der Waals surface area contributed by atoms with E-state index in [4.69, 9.17) is 4.42 Å². The molecule has 1 rings (SSSR count). The SMILES string of the molecule is CCN(CC)C(C)(CC)C(NC)c1occc1Br. The minimum Gasteiger partial charge on any atom is -0.466 e. The number of nitrogens with zero attached hydrogens (tertiary/aromatic N) is 1. The Bertz CT molecular complexity index is 362. The first-order chi connectivity index (χ1) is 8.54. The average molecular weight is 317 g/mol. The van der Waals surface area contributed by atoms with Crippen molar-refractivity contribution in [3.05, 3.63) is 22.6 Å². The third kappa shape index (κ3) is 2.81. The van der Waals surface area contributed by atoms with Crippen LogP contribution in [-0.2, 0) is 0 Å². The van der Waals surface area contributed by atoms with E-state index in [2.05, 4.69) is 53.8 Å². The zero-order valence-corrected chi connectivity index (χ0v) is 13.7. The number of hydrogen-bond donors (Lipinski definition) is 1. The molecule has 2 unspecified atom stereocenters. The fourth-order valence-electron chi connectivity index (χ4n) is 2.79. The van der Waals surface area contributed by atoms with Gasteiger partial charge in [-0.05, 0) is 55.5 Å². The second kappa shape index (κ2) is 6.73. The standard InChI is InChI=1S/C14H25BrN2O/c1-6-14(4,17(7-2)8-3)13(16-5)12-11(15)9-10-18-12/h9-10,13,16H,6-8H2,1-5H3. The molecule has 0 spiro atoms. The maximum atomic E-state index is 5.67. The summed E-state index contributed by atoms with van der Waals surface area (Å²) in [4.78, 5) is 2.49. The van der Waals surface area contributed by atoms with Gasteiger partial charge in [-0.2, -0.15) is 0 Å². The van der Waals surface area contributed by atoms with E-state index in [-0.39, 0.29) is 11.6 Å². The van der Waals surface area contributed by atoms with Crippen molar-refractivity contribution < 1.29 is 4.42 Å². The summed E-state index contributed by atoms with van der Waals surface area (Å²) in [5.74, 6) is 0.980. The van der Waals surface area contributed by atoms with Gasteiger partial charge in [0.1, 0.15) is 5.76 Å². The van der Waals surface area contributed by atoms with Gasteiger partial charge in [0.2, 0.25) is 0 Å². The Kier molecular flexibility index (Phi) is 5.89. The predicted octanol–water partition coefficient (Wildman–Crippen LogP) is 3.81. The smallest absolute Gasteiger partial charge is 0.136 e. The monoisotopic (exact) mass is 316 g/mol. The Morgan fingerprint density at radius 2 is 2.00 bits per heavy atom. The third-order valence-corrected chi connectivity index (χ3v) is 4.67. The van der Waals surface area contributed by atoms with Crippen LogP contribution in [-0.4, -0.2) is 30.6 Å². The molecule has 2 atom stereocenters. The van der Waals surface area contributed by atoms with Crippen LogP contribution in [0.15, 0.2) is 21.2 Å². The molecular formula is C14H25BrN2O. The van der Waals surface area contributed by atoms with E-state index in [9.17, 15) is 0 Å². The molecule has 0 aliphatic heterocycles. The van der Waals surface area contributed by atoms with E-state index >= 15 is 0 Å². The zero-order chi connectivity index (χ0) is 13.8. The second-order valence-corrected chi connectivity index (χ2v) is 5.59.